The van der Waals surface area contributed by atoms with Crippen molar-refractivity contribution in [3.05, 3.63) is 43.2 Å². The van der Waals surface area contributed by atoms with Gasteiger partial charge in [0.25, 0.3) is 0 Å². The summed E-state index contributed by atoms with van der Waals surface area (Å²) < 4.78 is 1.93. The maximum Gasteiger partial charge on any atom is 0.162 e. The third kappa shape index (κ3) is 3.03. The minimum Gasteiger partial charge on any atom is -0.232 e. The largest absolute Gasteiger partial charge is 0.232 e. The van der Waals surface area contributed by atoms with Crippen molar-refractivity contribution >= 4 is 50.1 Å². The van der Waals surface area contributed by atoms with Crippen molar-refractivity contribution in [3.63, 3.8) is 0 Å². The van der Waals surface area contributed by atoms with Crippen LogP contribution in [-0.4, -0.2) is 9.97 Å². The molecule has 2 aromatic rings. The summed E-state index contributed by atoms with van der Waals surface area (Å²) >= 11 is 11.9. The number of hydrogen-bond acceptors (Lipinski definition) is 2. The van der Waals surface area contributed by atoms with Crippen LogP contribution in [0.4, 0.5) is 0 Å². The van der Waals surface area contributed by atoms with Gasteiger partial charge in [0.2, 0.25) is 0 Å². The summed E-state index contributed by atoms with van der Waals surface area (Å²) in [4.78, 5) is 8.98. The molecule has 0 atom stereocenters. The van der Waals surface area contributed by atoms with Gasteiger partial charge in [0.15, 0.2) is 5.82 Å². The topological polar surface area (TPSA) is 25.8 Å². The van der Waals surface area contributed by atoms with Gasteiger partial charge in [-0.1, -0.05) is 59.1 Å². The lowest BCUT2D eigenvalue weighted by atomic mass is 10.2. The Hall–Kier alpha value is -0.200. The Morgan fingerprint density at radius 3 is 2.67 bits per heavy atom. The maximum atomic E-state index is 6.18. The summed E-state index contributed by atoms with van der Waals surface area (Å²) in [5, 5.41) is 0.528. The van der Waals surface area contributed by atoms with Crippen molar-refractivity contribution in [2.24, 2.45) is 0 Å². The van der Waals surface area contributed by atoms with Crippen LogP contribution in [0.25, 0.3) is 11.4 Å². The summed E-state index contributed by atoms with van der Waals surface area (Å²) in [5.74, 6) is 0.677. The zero-order valence-electron chi connectivity index (χ0n) is 9.75. The van der Waals surface area contributed by atoms with E-state index in [0.29, 0.717) is 11.0 Å². The molecule has 18 heavy (non-hydrogen) atoms. The molecule has 5 heteroatoms. The molecular weight excluding hydrogens is 426 g/mol. The molecule has 0 aliphatic carbocycles. The first-order valence-corrected chi connectivity index (χ1v) is 7.85. The van der Waals surface area contributed by atoms with Crippen molar-refractivity contribution in [2.75, 3.05) is 0 Å². The van der Waals surface area contributed by atoms with Gasteiger partial charge in [0, 0.05) is 10.0 Å². The smallest absolute Gasteiger partial charge is 0.162 e. The Bertz CT molecular complexity index is 575. The zero-order chi connectivity index (χ0) is 13.1. The molecule has 0 radical (unpaired) electrons. The predicted octanol–water partition coefficient (Wildman–Crippen LogP) is 5.12. The van der Waals surface area contributed by atoms with Crippen LogP contribution in [0, 0.1) is 3.57 Å². The van der Waals surface area contributed by atoms with Crippen molar-refractivity contribution < 1.29 is 0 Å². The summed E-state index contributed by atoms with van der Waals surface area (Å²) in [5.41, 5.74) is 1.98. The highest BCUT2D eigenvalue weighted by Gasteiger charge is 2.12. The summed E-state index contributed by atoms with van der Waals surface area (Å²) in [7, 11) is 0. The van der Waals surface area contributed by atoms with E-state index < -0.39 is 0 Å². The molecule has 0 N–H and O–H groups in total. The Morgan fingerprint density at radius 2 is 2.00 bits per heavy atom. The van der Waals surface area contributed by atoms with Crippen LogP contribution >= 0.6 is 50.1 Å². The molecule has 0 amide bonds. The molecule has 94 valence electrons. The van der Waals surface area contributed by atoms with E-state index in [1.807, 2.05) is 24.3 Å². The Morgan fingerprint density at radius 1 is 1.28 bits per heavy atom. The van der Waals surface area contributed by atoms with E-state index in [2.05, 4.69) is 55.4 Å². The predicted molar refractivity (Wildman–Crippen MR) is 86.9 cm³/mol. The van der Waals surface area contributed by atoms with Crippen LogP contribution in [0.15, 0.2) is 28.7 Å². The molecule has 1 aromatic carbocycles. The van der Waals surface area contributed by atoms with Crippen LogP contribution in [0.3, 0.4) is 0 Å². The van der Waals surface area contributed by atoms with E-state index in [0.717, 1.165) is 32.1 Å². The van der Waals surface area contributed by atoms with Crippen molar-refractivity contribution in [1.29, 1.82) is 0 Å². The number of hydrogen-bond donors (Lipinski definition) is 0. The average Bonchev–Trinajstić information content (AvgIpc) is 2.35. The van der Waals surface area contributed by atoms with Gasteiger partial charge >= 0.3 is 0 Å². The minimum atomic E-state index is 0.528. The molecule has 0 unspecified atom stereocenters. The highest BCUT2D eigenvalue weighted by molar-refractivity contribution is 14.1. The molecule has 0 fully saturated rings. The molecule has 0 aliphatic rings. The van der Waals surface area contributed by atoms with Gasteiger partial charge in [-0.3, -0.25) is 0 Å². The van der Waals surface area contributed by atoms with Crippen LogP contribution in [0.5, 0.6) is 0 Å². The van der Waals surface area contributed by atoms with Gasteiger partial charge in [-0.25, -0.2) is 9.97 Å². The monoisotopic (exact) mass is 436 g/mol. The van der Waals surface area contributed by atoms with E-state index in [4.69, 9.17) is 11.6 Å². The SMILES string of the molecule is CCCc1nc(-c2ccccc2Br)nc(Cl)c1I. The van der Waals surface area contributed by atoms with Gasteiger partial charge in [-0.15, -0.1) is 0 Å². The lowest BCUT2D eigenvalue weighted by Crippen LogP contribution is -2.01. The fourth-order valence-electron chi connectivity index (χ4n) is 1.63. The van der Waals surface area contributed by atoms with Crippen molar-refractivity contribution in [1.82, 2.24) is 9.97 Å². The zero-order valence-corrected chi connectivity index (χ0v) is 14.3. The van der Waals surface area contributed by atoms with Crippen LogP contribution in [-0.2, 0) is 6.42 Å². The first-order chi connectivity index (χ1) is 8.63. The van der Waals surface area contributed by atoms with Gasteiger partial charge in [0.1, 0.15) is 5.15 Å². The number of benzene rings is 1. The Balaban J connectivity index is 2.56. The van der Waals surface area contributed by atoms with E-state index in [9.17, 15) is 0 Å². The molecule has 2 rings (SSSR count). The highest BCUT2D eigenvalue weighted by atomic mass is 127. The molecule has 1 aromatic heterocycles. The molecule has 1 heterocycles. The fourth-order valence-corrected chi connectivity index (χ4v) is 2.79. The van der Waals surface area contributed by atoms with E-state index in [-0.39, 0.29) is 0 Å². The van der Waals surface area contributed by atoms with Gasteiger partial charge in [-0.05, 0) is 35.1 Å². The molecule has 0 aliphatic heterocycles. The molecule has 0 spiro atoms. The normalized spacial score (nSPS) is 10.7. The molecule has 0 saturated heterocycles. The fraction of sp³-hybridized carbons (Fsp3) is 0.231. The third-order valence-electron chi connectivity index (χ3n) is 2.48. The number of aromatic nitrogens is 2. The second kappa shape index (κ2) is 6.30. The van der Waals surface area contributed by atoms with Gasteiger partial charge < -0.3 is 0 Å². The Kier molecular flexibility index (Phi) is 4.98. The lowest BCUT2D eigenvalue weighted by Gasteiger charge is -2.08. The van der Waals surface area contributed by atoms with Crippen LogP contribution in [0.1, 0.15) is 19.0 Å². The number of nitrogens with zero attached hydrogens (tertiary/aromatic N) is 2. The second-order valence-corrected chi connectivity index (χ2v) is 6.12. The number of rotatable bonds is 3. The van der Waals surface area contributed by atoms with E-state index in [1.54, 1.807) is 0 Å². The molecule has 2 nitrogen and oxygen atoms in total. The summed E-state index contributed by atoms with van der Waals surface area (Å²) in [6, 6.07) is 7.89. The summed E-state index contributed by atoms with van der Waals surface area (Å²) in [6.07, 6.45) is 1.96. The second-order valence-electron chi connectivity index (χ2n) is 3.83. The molecular formula is C13H11BrClIN2. The van der Waals surface area contributed by atoms with Crippen molar-refractivity contribution in [3.8, 4) is 11.4 Å². The van der Waals surface area contributed by atoms with Crippen LogP contribution in [0.2, 0.25) is 5.15 Å². The Labute approximate surface area is 133 Å². The number of halogens is 3. The van der Waals surface area contributed by atoms with E-state index in [1.165, 1.54) is 0 Å². The quantitative estimate of drug-likeness (QED) is 0.492. The first-order valence-electron chi connectivity index (χ1n) is 5.60. The highest BCUT2D eigenvalue weighted by Crippen LogP contribution is 2.29. The lowest BCUT2D eigenvalue weighted by molar-refractivity contribution is 0.867. The van der Waals surface area contributed by atoms with Crippen molar-refractivity contribution in [2.45, 2.75) is 19.8 Å². The molecule has 0 saturated carbocycles. The number of aryl methyl sites for hydroxylation is 1. The average molecular weight is 438 g/mol. The summed E-state index contributed by atoms with van der Waals surface area (Å²) in [6.45, 7) is 2.13. The minimum absolute atomic E-state index is 0.528. The van der Waals surface area contributed by atoms with Gasteiger partial charge in [0.05, 0.1) is 9.26 Å². The van der Waals surface area contributed by atoms with Crippen LogP contribution < -0.4 is 0 Å². The van der Waals surface area contributed by atoms with Gasteiger partial charge in [-0.2, -0.15) is 0 Å². The first kappa shape index (κ1) is 14.2. The third-order valence-corrected chi connectivity index (χ3v) is 4.90. The maximum absolute atomic E-state index is 6.18. The molecule has 0 bridgehead atoms. The standard InChI is InChI=1S/C13H11BrClIN2/c1-2-5-10-11(16)12(15)18-13(17-10)8-6-3-4-7-9(8)14/h3-4,6-7H,2,5H2,1H3. The van der Waals surface area contributed by atoms with E-state index >= 15 is 0 Å².